The molecule has 0 spiro atoms. The predicted octanol–water partition coefficient (Wildman–Crippen LogP) is 4.65. The molecule has 1 atom stereocenters. The molecule has 0 radical (unpaired) electrons. The van der Waals surface area contributed by atoms with E-state index in [1.54, 1.807) is 7.11 Å². The van der Waals surface area contributed by atoms with E-state index in [9.17, 15) is 9.90 Å². The van der Waals surface area contributed by atoms with Crippen molar-refractivity contribution in [2.75, 3.05) is 40.1 Å². The number of aliphatic hydroxyl groups excluding tert-OH is 1. The Morgan fingerprint density at radius 1 is 1.10 bits per heavy atom. The summed E-state index contributed by atoms with van der Waals surface area (Å²) >= 11 is 0. The van der Waals surface area contributed by atoms with Crippen LogP contribution in [0.3, 0.4) is 0 Å². The van der Waals surface area contributed by atoms with Gasteiger partial charge in [0.15, 0.2) is 5.78 Å². The molecular formula is C25H40O5. The van der Waals surface area contributed by atoms with Crippen LogP contribution in [0.4, 0.5) is 0 Å². The third-order valence-electron chi connectivity index (χ3n) is 5.90. The number of carbonyl (C=O) groups excluding carboxylic acids is 1. The first kappa shape index (κ1) is 25.0. The average Bonchev–Trinajstić information content (AvgIpc) is 2.78. The van der Waals surface area contributed by atoms with Crippen molar-refractivity contribution in [3.05, 3.63) is 35.4 Å². The van der Waals surface area contributed by atoms with Crippen LogP contribution in [0.15, 0.2) is 24.3 Å². The second-order valence-corrected chi connectivity index (χ2v) is 8.39. The topological polar surface area (TPSA) is 65.0 Å². The Morgan fingerprint density at radius 2 is 1.87 bits per heavy atom. The zero-order valence-corrected chi connectivity index (χ0v) is 18.7. The lowest BCUT2D eigenvalue weighted by Gasteiger charge is -2.21. The monoisotopic (exact) mass is 420 g/mol. The zero-order valence-electron chi connectivity index (χ0n) is 18.7. The lowest BCUT2D eigenvalue weighted by Crippen LogP contribution is -2.13. The van der Waals surface area contributed by atoms with Crippen molar-refractivity contribution < 1.29 is 24.1 Å². The molecule has 0 amide bonds. The fourth-order valence-electron chi connectivity index (χ4n) is 4.08. The van der Waals surface area contributed by atoms with Gasteiger partial charge in [0.05, 0.1) is 32.5 Å². The van der Waals surface area contributed by atoms with Crippen molar-refractivity contribution in [3.63, 3.8) is 0 Å². The van der Waals surface area contributed by atoms with Gasteiger partial charge in [-0.25, -0.2) is 0 Å². The van der Waals surface area contributed by atoms with Crippen LogP contribution in [0.25, 0.3) is 0 Å². The number of hydrogen-bond acceptors (Lipinski definition) is 5. The maximum Gasteiger partial charge on any atom is 0.158 e. The summed E-state index contributed by atoms with van der Waals surface area (Å²) in [7, 11) is 1.63. The molecule has 1 N–H and O–H groups in total. The van der Waals surface area contributed by atoms with Crippen molar-refractivity contribution in [3.8, 4) is 0 Å². The summed E-state index contributed by atoms with van der Waals surface area (Å²) in [6, 6.07) is 8.34. The molecule has 30 heavy (non-hydrogen) atoms. The van der Waals surface area contributed by atoms with E-state index >= 15 is 0 Å². The molecule has 0 saturated heterocycles. The van der Waals surface area contributed by atoms with Crippen LogP contribution in [0.1, 0.15) is 75.0 Å². The van der Waals surface area contributed by atoms with Gasteiger partial charge in [-0.3, -0.25) is 4.79 Å². The molecule has 1 aliphatic carbocycles. The second-order valence-electron chi connectivity index (χ2n) is 8.39. The van der Waals surface area contributed by atoms with Crippen LogP contribution in [-0.4, -0.2) is 51.0 Å². The van der Waals surface area contributed by atoms with E-state index in [1.165, 1.54) is 44.1 Å². The molecule has 1 unspecified atom stereocenters. The molecule has 1 saturated carbocycles. The highest BCUT2D eigenvalue weighted by molar-refractivity contribution is 5.79. The van der Waals surface area contributed by atoms with Crippen molar-refractivity contribution in [1.29, 1.82) is 0 Å². The lowest BCUT2D eigenvalue weighted by atomic mass is 9.85. The number of rotatable bonds is 16. The maximum absolute atomic E-state index is 11.9. The number of aliphatic hydroxyl groups is 1. The van der Waals surface area contributed by atoms with Gasteiger partial charge in [-0.1, -0.05) is 56.4 Å². The smallest absolute Gasteiger partial charge is 0.158 e. The Morgan fingerprint density at radius 3 is 2.67 bits per heavy atom. The summed E-state index contributed by atoms with van der Waals surface area (Å²) in [5.41, 5.74) is 2.28. The maximum atomic E-state index is 11.9. The molecule has 2 rings (SSSR count). The van der Waals surface area contributed by atoms with Gasteiger partial charge in [-0.05, 0) is 42.7 Å². The Labute approximate surface area is 182 Å². The van der Waals surface area contributed by atoms with Gasteiger partial charge in [-0.2, -0.15) is 0 Å². The highest BCUT2D eigenvalue weighted by Crippen LogP contribution is 2.28. The number of ketones is 1. The number of hydrogen-bond donors (Lipinski definition) is 1. The van der Waals surface area contributed by atoms with Gasteiger partial charge < -0.3 is 19.3 Å². The fraction of sp³-hybridized carbons (Fsp3) is 0.720. The predicted molar refractivity (Wildman–Crippen MR) is 119 cm³/mol. The van der Waals surface area contributed by atoms with Crippen LogP contribution in [0.5, 0.6) is 0 Å². The highest BCUT2D eigenvalue weighted by atomic mass is 16.5. The minimum Gasteiger partial charge on any atom is -0.388 e. The molecule has 0 heterocycles. The van der Waals surface area contributed by atoms with Crippen molar-refractivity contribution in [2.45, 2.75) is 70.3 Å². The van der Waals surface area contributed by atoms with Gasteiger partial charge in [0.25, 0.3) is 0 Å². The van der Waals surface area contributed by atoms with E-state index < -0.39 is 6.10 Å². The largest absolute Gasteiger partial charge is 0.388 e. The van der Waals surface area contributed by atoms with E-state index in [1.807, 2.05) is 12.1 Å². The van der Waals surface area contributed by atoms with E-state index in [-0.39, 0.29) is 12.4 Å². The molecule has 5 nitrogen and oxygen atoms in total. The SMILES string of the molecule is COCCOCCOCC(=O)CCCC(O)c1cccc(CCC2CCCCC2)c1. The average molecular weight is 421 g/mol. The molecular weight excluding hydrogens is 380 g/mol. The normalized spacial score (nSPS) is 15.9. The minimum atomic E-state index is -0.512. The zero-order chi connectivity index (χ0) is 21.4. The Balaban J connectivity index is 1.58. The van der Waals surface area contributed by atoms with Gasteiger partial charge in [0.2, 0.25) is 0 Å². The molecule has 1 fully saturated rings. The first-order valence-corrected chi connectivity index (χ1v) is 11.6. The second kappa shape index (κ2) is 15.5. The molecule has 0 aromatic heterocycles. The van der Waals surface area contributed by atoms with E-state index in [0.29, 0.717) is 45.7 Å². The fourth-order valence-corrected chi connectivity index (χ4v) is 4.08. The number of ether oxygens (including phenoxy) is 3. The summed E-state index contributed by atoms with van der Waals surface area (Å²) in [5.74, 6) is 0.942. The van der Waals surface area contributed by atoms with E-state index in [4.69, 9.17) is 14.2 Å². The molecule has 5 heteroatoms. The molecule has 1 aliphatic rings. The standard InChI is InChI=1S/C25H40O5/c1-28-15-16-29-17-18-30-20-24(26)11-6-12-25(27)23-10-5-9-22(19-23)14-13-21-7-3-2-4-8-21/h5,9-10,19,21,25,27H,2-4,6-8,11-18,20H2,1H3. The number of Topliss-reactive ketones (excluding diaryl/α,β-unsaturated/α-hetero) is 1. The lowest BCUT2D eigenvalue weighted by molar-refractivity contribution is -0.124. The third-order valence-corrected chi connectivity index (χ3v) is 5.90. The highest BCUT2D eigenvalue weighted by Gasteiger charge is 2.14. The summed E-state index contributed by atoms with van der Waals surface area (Å²) in [6.45, 7) is 2.08. The number of carbonyl (C=O) groups is 1. The summed E-state index contributed by atoms with van der Waals surface area (Å²) < 4.78 is 15.5. The van der Waals surface area contributed by atoms with Crippen LogP contribution in [0.2, 0.25) is 0 Å². The van der Waals surface area contributed by atoms with Crippen LogP contribution < -0.4 is 0 Å². The number of benzene rings is 1. The Kier molecular flexibility index (Phi) is 12.9. The van der Waals surface area contributed by atoms with Crippen molar-refractivity contribution >= 4 is 5.78 Å². The first-order chi connectivity index (χ1) is 14.7. The van der Waals surface area contributed by atoms with Crippen LogP contribution >= 0.6 is 0 Å². The van der Waals surface area contributed by atoms with Crippen molar-refractivity contribution in [1.82, 2.24) is 0 Å². The van der Waals surface area contributed by atoms with Gasteiger partial charge in [0, 0.05) is 13.5 Å². The summed E-state index contributed by atoms with van der Waals surface area (Å²) in [4.78, 5) is 11.9. The quantitative estimate of drug-likeness (QED) is 0.394. The molecule has 0 bridgehead atoms. The number of methoxy groups -OCH3 is 1. The molecule has 1 aromatic rings. The first-order valence-electron chi connectivity index (χ1n) is 11.6. The molecule has 170 valence electrons. The van der Waals surface area contributed by atoms with E-state index in [2.05, 4.69) is 12.1 Å². The Hall–Kier alpha value is -1.27. The Bertz CT molecular complexity index is 583. The van der Waals surface area contributed by atoms with Crippen LogP contribution in [0, 0.1) is 5.92 Å². The summed E-state index contributed by atoms with van der Waals surface area (Å²) in [6.07, 6.45) is 10.5. The summed E-state index contributed by atoms with van der Waals surface area (Å²) in [5, 5.41) is 10.5. The third kappa shape index (κ3) is 10.7. The number of aryl methyl sites for hydroxylation is 1. The van der Waals surface area contributed by atoms with E-state index in [0.717, 1.165) is 17.9 Å². The minimum absolute atomic E-state index is 0.0697. The van der Waals surface area contributed by atoms with Gasteiger partial charge in [-0.15, -0.1) is 0 Å². The van der Waals surface area contributed by atoms with Gasteiger partial charge in [0.1, 0.15) is 6.61 Å². The van der Waals surface area contributed by atoms with Crippen molar-refractivity contribution in [2.24, 2.45) is 5.92 Å². The molecule has 1 aromatic carbocycles. The van der Waals surface area contributed by atoms with Crippen LogP contribution in [-0.2, 0) is 25.4 Å². The van der Waals surface area contributed by atoms with Gasteiger partial charge >= 0.3 is 0 Å². The molecule has 0 aliphatic heterocycles.